The molecule has 0 fully saturated rings. The van der Waals surface area contributed by atoms with Gasteiger partial charge in [-0.2, -0.15) is 0 Å². The minimum Gasteiger partial charge on any atom is -0.238 e. The topological polar surface area (TPSA) is 77.3 Å². The molecule has 4 heterocycles. The average molecular weight is 691 g/mol. The summed E-state index contributed by atoms with van der Waals surface area (Å²) in [4.78, 5) is 30.5. The first kappa shape index (κ1) is 31.1. The molecule has 0 saturated carbocycles. The zero-order valence-electron chi connectivity index (χ0n) is 26.3. The van der Waals surface area contributed by atoms with Crippen molar-refractivity contribution in [2.24, 2.45) is 0 Å². The smallest absolute Gasteiger partial charge is 0.178 e. The maximum Gasteiger partial charge on any atom is 0.178 e. The van der Waals surface area contributed by atoms with Gasteiger partial charge in [-0.3, -0.25) is 0 Å². The van der Waals surface area contributed by atoms with E-state index in [2.05, 4.69) is 47.2 Å². The summed E-state index contributed by atoms with van der Waals surface area (Å²) in [6.45, 7) is 2.14. The van der Waals surface area contributed by atoms with Crippen LogP contribution in [0, 0.1) is 6.92 Å². The quantitative estimate of drug-likeness (QED) is 0.156. The van der Waals surface area contributed by atoms with E-state index in [1.54, 1.807) is 11.8 Å². The summed E-state index contributed by atoms with van der Waals surface area (Å²) >= 11 is 10.1. The van der Waals surface area contributed by atoms with Crippen LogP contribution in [-0.2, 0) is 6.42 Å². The molecule has 8 rings (SSSR count). The van der Waals surface area contributed by atoms with E-state index in [1.165, 1.54) is 27.8 Å². The molecule has 236 valence electrons. The molecule has 6 nitrogen and oxygen atoms in total. The molecule has 0 bridgehead atoms. The molecule has 0 aliphatic carbocycles. The SMILES string of the molecule is Cc1cccc(Cc2ccc(Sc3cccc(-c4ncc5ccccc5n4)n3)c(Cl)c2)c1Sc1cccc(-c2ncc3ccccc3n2)n1. The second kappa shape index (κ2) is 13.8. The van der Waals surface area contributed by atoms with E-state index in [0.717, 1.165) is 60.1 Å². The van der Waals surface area contributed by atoms with Gasteiger partial charge in [-0.15, -0.1) is 0 Å². The Hall–Kier alpha value is -5.15. The number of halogens is 1. The van der Waals surface area contributed by atoms with Crippen LogP contribution in [0.15, 0.2) is 154 Å². The number of pyridine rings is 2. The van der Waals surface area contributed by atoms with E-state index >= 15 is 0 Å². The summed E-state index contributed by atoms with van der Waals surface area (Å²) in [5, 5.41) is 4.40. The molecule has 0 N–H and O–H groups in total. The summed E-state index contributed by atoms with van der Waals surface area (Å²) < 4.78 is 0. The lowest BCUT2D eigenvalue weighted by molar-refractivity contribution is 1.07. The van der Waals surface area contributed by atoms with Crippen LogP contribution in [0.1, 0.15) is 16.7 Å². The Labute approximate surface area is 297 Å². The standard InChI is InChI=1S/C40H27ClN6S2/c1-25-9-6-12-27(38(25)49-37-18-8-16-34(45-37)40-43-24-29-11-3-5-14-32(29)47-40)21-26-19-20-35(30(41)22-26)48-36-17-7-15-33(44-36)39-42-23-28-10-2-4-13-31(28)46-39/h2-20,22-24H,21H2,1H3. The number of hydrogen-bond donors (Lipinski definition) is 0. The van der Waals surface area contributed by atoms with Gasteiger partial charge in [-0.1, -0.05) is 108 Å². The van der Waals surface area contributed by atoms with Gasteiger partial charge in [0.15, 0.2) is 11.6 Å². The Balaban J connectivity index is 1.00. The van der Waals surface area contributed by atoms with Crippen LogP contribution in [0.5, 0.6) is 0 Å². The van der Waals surface area contributed by atoms with Crippen molar-refractivity contribution in [1.82, 2.24) is 29.9 Å². The molecule has 0 amide bonds. The number of aryl methyl sites for hydroxylation is 1. The molecule has 0 radical (unpaired) electrons. The molecular formula is C40H27ClN6S2. The molecule has 9 heteroatoms. The van der Waals surface area contributed by atoms with Crippen molar-refractivity contribution >= 4 is 56.9 Å². The van der Waals surface area contributed by atoms with Crippen molar-refractivity contribution in [2.75, 3.05) is 0 Å². The number of para-hydroxylation sites is 2. The summed E-state index contributed by atoms with van der Waals surface area (Å²) in [5.41, 5.74) is 6.78. The Morgan fingerprint density at radius 2 is 1.16 bits per heavy atom. The van der Waals surface area contributed by atoms with E-state index in [9.17, 15) is 0 Å². The average Bonchev–Trinajstić information content (AvgIpc) is 3.14. The highest BCUT2D eigenvalue weighted by Gasteiger charge is 2.14. The highest BCUT2D eigenvalue weighted by atomic mass is 35.5. The Morgan fingerprint density at radius 3 is 1.80 bits per heavy atom. The van der Waals surface area contributed by atoms with Crippen LogP contribution in [-0.4, -0.2) is 29.9 Å². The van der Waals surface area contributed by atoms with Crippen LogP contribution < -0.4 is 0 Å². The van der Waals surface area contributed by atoms with Crippen LogP contribution in [0.25, 0.3) is 44.8 Å². The van der Waals surface area contributed by atoms with E-state index in [4.69, 9.17) is 31.5 Å². The number of hydrogen-bond acceptors (Lipinski definition) is 8. The van der Waals surface area contributed by atoms with Gasteiger partial charge in [0.2, 0.25) is 0 Å². The first-order chi connectivity index (χ1) is 24.1. The van der Waals surface area contributed by atoms with Crippen molar-refractivity contribution in [3.05, 3.63) is 155 Å². The third-order valence-corrected chi connectivity index (χ3v) is 10.7. The number of benzene rings is 4. The van der Waals surface area contributed by atoms with Crippen molar-refractivity contribution in [3.63, 3.8) is 0 Å². The maximum absolute atomic E-state index is 6.88. The summed E-state index contributed by atoms with van der Waals surface area (Å²) in [5.74, 6) is 1.21. The van der Waals surface area contributed by atoms with Crippen molar-refractivity contribution in [2.45, 2.75) is 33.2 Å². The largest absolute Gasteiger partial charge is 0.238 e. The predicted molar refractivity (Wildman–Crippen MR) is 199 cm³/mol. The molecule has 0 aliphatic heterocycles. The lowest BCUT2D eigenvalue weighted by Gasteiger charge is -2.13. The third kappa shape index (κ3) is 6.89. The zero-order chi connectivity index (χ0) is 33.2. The minimum atomic E-state index is 0.596. The predicted octanol–water partition coefficient (Wildman–Crippen LogP) is 10.6. The summed E-state index contributed by atoms with van der Waals surface area (Å²) in [6, 6.07) is 40.5. The van der Waals surface area contributed by atoms with Gasteiger partial charge in [0.05, 0.1) is 16.1 Å². The van der Waals surface area contributed by atoms with Crippen LogP contribution in [0.2, 0.25) is 5.02 Å². The van der Waals surface area contributed by atoms with Crippen LogP contribution >= 0.6 is 35.1 Å². The number of aromatic nitrogens is 6. The van der Waals surface area contributed by atoms with E-state index < -0.39 is 0 Å². The Kier molecular flexibility index (Phi) is 8.74. The Bertz CT molecular complexity index is 2490. The molecule has 0 aliphatic rings. The van der Waals surface area contributed by atoms with Crippen molar-refractivity contribution < 1.29 is 0 Å². The lowest BCUT2D eigenvalue weighted by atomic mass is 10.0. The molecule has 49 heavy (non-hydrogen) atoms. The van der Waals surface area contributed by atoms with Gasteiger partial charge in [-0.25, -0.2) is 29.9 Å². The van der Waals surface area contributed by atoms with Crippen LogP contribution in [0.3, 0.4) is 0 Å². The van der Waals surface area contributed by atoms with Gasteiger partial charge in [-0.05, 0) is 78.6 Å². The second-order valence-corrected chi connectivity index (χ2v) is 13.9. The lowest BCUT2D eigenvalue weighted by Crippen LogP contribution is -1.96. The van der Waals surface area contributed by atoms with Crippen molar-refractivity contribution in [3.8, 4) is 23.0 Å². The maximum atomic E-state index is 6.88. The molecule has 4 aromatic heterocycles. The summed E-state index contributed by atoms with van der Waals surface area (Å²) in [6.07, 6.45) is 4.42. The molecular weight excluding hydrogens is 664 g/mol. The third-order valence-electron chi connectivity index (χ3n) is 7.99. The van der Waals surface area contributed by atoms with E-state index in [-0.39, 0.29) is 0 Å². The molecule has 4 aromatic carbocycles. The van der Waals surface area contributed by atoms with Gasteiger partial charge in [0.25, 0.3) is 0 Å². The monoisotopic (exact) mass is 690 g/mol. The highest BCUT2D eigenvalue weighted by molar-refractivity contribution is 7.99. The molecule has 0 unspecified atom stereocenters. The fraction of sp³-hybridized carbons (Fsp3) is 0.0500. The first-order valence-corrected chi connectivity index (χ1v) is 17.7. The van der Waals surface area contributed by atoms with Gasteiger partial charge < -0.3 is 0 Å². The van der Waals surface area contributed by atoms with Crippen LogP contribution in [0.4, 0.5) is 0 Å². The van der Waals surface area contributed by atoms with E-state index in [1.807, 2.05) is 103 Å². The summed E-state index contributed by atoms with van der Waals surface area (Å²) in [7, 11) is 0. The molecule has 0 spiro atoms. The number of fused-ring (bicyclic) bond motifs is 2. The van der Waals surface area contributed by atoms with Gasteiger partial charge in [0, 0.05) is 33.0 Å². The second-order valence-electron chi connectivity index (χ2n) is 11.4. The molecule has 0 atom stereocenters. The van der Waals surface area contributed by atoms with Gasteiger partial charge in [0.1, 0.15) is 21.4 Å². The molecule has 8 aromatic rings. The van der Waals surface area contributed by atoms with E-state index in [0.29, 0.717) is 16.7 Å². The highest BCUT2D eigenvalue weighted by Crippen LogP contribution is 2.37. The minimum absolute atomic E-state index is 0.596. The normalized spacial score (nSPS) is 11.3. The Morgan fingerprint density at radius 1 is 0.571 bits per heavy atom. The van der Waals surface area contributed by atoms with Crippen molar-refractivity contribution in [1.29, 1.82) is 0 Å². The fourth-order valence-corrected chi connectivity index (χ4v) is 7.68. The van der Waals surface area contributed by atoms with Gasteiger partial charge >= 0.3 is 0 Å². The zero-order valence-corrected chi connectivity index (χ0v) is 28.7. The fourth-order valence-electron chi connectivity index (χ4n) is 5.56. The number of rotatable bonds is 8. The first-order valence-electron chi connectivity index (χ1n) is 15.7. The number of nitrogens with zero attached hydrogens (tertiary/aromatic N) is 6. The molecule has 0 saturated heterocycles.